The van der Waals surface area contributed by atoms with Crippen molar-refractivity contribution < 1.29 is 9.18 Å². The SMILES string of the molecule is CNCc1ccc(N2CCC(C)(C(N)=O)C2)c(F)c1. The summed E-state index contributed by atoms with van der Waals surface area (Å²) >= 11 is 0. The van der Waals surface area contributed by atoms with E-state index in [1.54, 1.807) is 6.07 Å². The minimum atomic E-state index is -0.559. The summed E-state index contributed by atoms with van der Waals surface area (Å²) in [6.07, 6.45) is 0.667. The van der Waals surface area contributed by atoms with Gasteiger partial charge in [-0.1, -0.05) is 6.07 Å². The quantitative estimate of drug-likeness (QED) is 0.861. The van der Waals surface area contributed by atoms with E-state index < -0.39 is 5.41 Å². The van der Waals surface area contributed by atoms with Crippen LogP contribution in [-0.2, 0) is 11.3 Å². The van der Waals surface area contributed by atoms with Gasteiger partial charge in [0.1, 0.15) is 5.82 Å². The Kier molecular flexibility index (Phi) is 3.75. The third-order valence-electron chi connectivity index (χ3n) is 3.80. The van der Waals surface area contributed by atoms with E-state index in [1.807, 2.05) is 24.9 Å². The molecule has 19 heavy (non-hydrogen) atoms. The van der Waals surface area contributed by atoms with Crippen LogP contribution < -0.4 is 16.0 Å². The van der Waals surface area contributed by atoms with Crippen LogP contribution in [0.4, 0.5) is 10.1 Å². The molecule has 5 heteroatoms. The molecule has 1 aliphatic heterocycles. The highest BCUT2D eigenvalue weighted by atomic mass is 19.1. The number of primary amides is 1. The van der Waals surface area contributed by atoms with Gasteiger partial charge in [0.15, 0.2) is 0 Å². The smallest absolute Gasteiger partial charge is 0.225 e. The van der Waals surface area contributed by atoms with Gasteiger partial charge in [-0.3, -0.25) is 4.79 Å². The van der Waals surface area contributed by atoms with Crippen LogP contribution in [0.15, 0.2) is 18.2 Å². The van der Waals surface area contributed by atoms with Crippen LogP contribution in [-0.4, -0.2) is 26.0 Å². The number of benzene rings is 1. The number of hydrogen-bond acceptors (Lipinski definition) is 3. The number of nitrogens with one attached hydrogen (secondary N) is 1. The van der Waals surface area contributed by atoms with E-state index in [1.165, 1.54) is 6.07 Å². The van der Waals surface area contributed by atoms with Crippen LogP contribution in [0.3, 0.4) is 0 Å². The highest BCUT2D eigenvalue weighted by molar-refractivity contribution is 5.82. The summed E-state index contributed by atoms with van der Waals surface area (Å²) in [4.78, 5) is 13.3. The van der Waals surface area contributed by atoms with E-state index in [4.69, 9.17) is 5.73 Å². The van der Waals surface area contributed by atoms with Crippen molar-refractivity contribution in [3.05, 3.63) is 29.6 Å². The highest BCUT2D eigenvalue weighted by Crippen LogP contribution is 2.34. The van der Waals surface area contributed by atoms with Crippen molar-refractivity contribution in [2.75, 3.05) is 25.0 Å². The maximum Gasteiger partial charge on any atom is 0.225 e. The van der Waals surface area contributed by atoms with E-state index >= 15 is 0 Å². The Balaban J connectivity index is 2.18. The molecule has 1 atom stereocenters. The first-order chi connectivity index (χ1) is 8.96. The van der Waals surface area contributed by atoms with Crippen molar-refractivity contribution in [3.63, 3.8) is 0 Å². The number of nitrogens with zero attached hydrogens (tertiary/aromatic N) is 1. The van der Waals surface area contributed by atoms with Crippen molar-refractivity contribution in [3.8, 4) is 0 Å². The number of nitrogens with two attached hydrogens (primary N) is 1. The summed E-state index contributed by atoms with van der Waals surface area (Å²) in [7, 11) is 1.82. The molecular formula is C14H20FN3O. The number of carbonyl (C=O) groups is 1. The van der Waals surface area contributed by atoms with Gasteiger partial charge in [0.25, 0.3) is 0 Å². The molecule has 1 unspecified atom stereocenters. The molecule has 0 radical (unpaired) electrons. The molecule has 2 rings (SSSR count). The Bertz CT molecular complexity index is 492. The normalized spacial score (nSPS) is 22.8. The zero-order valence-corrected chi connectivity index (χ0v) is 11.4. The Morgan fingerprint density at radius 2 is 2.32 bits per heavy atom. The second-order valence-corrected chi connectivity index (χ2v) is 5.41. The fourth-order valence-electron chi connectivity index (χ4n) is 2.49. The van der Waals surface area contributed by atoms with Gasteiger partial charge in [0, 0.05) is 19.6 Å². The number of rotatable bonds is 4. The number of carbonyl (C=O) groups excluding carboxylic acids is 1. The largest absolute Gasteiger partial charge is 0.369 e. The van der Waals surface area contributed by atoms with Gasteiger partial charge in [-0.15, -0.1) is 0 Å². The monoisotopic (exact) mass is 265 g/mol. The van der Waals surface area contributed by atoms with E-state index in [9.17, 15) is 9.18 Å². The van der Waals surface area contributed by atoms with Crippen LogP contribution in [0.25, 0.3) is 0 Å². The molecule has 1 aliphatic rings. The molecule has 1 saturated heterocycles. The molecule has 0 saturated carbocycles. The summed E-state index contributed by atoms with van der Waals surface area (Å²) in [6.45, 7) is 3.60. The predicted octanol–water partition coefficient (Wildman–Crippen LogP) is 1.25. The van der Waals surface area contributed by atoms with Gasteiger partial charge in [-0.05, 0) is 38.1 Å². The zero-order valence-electron chi connectivity index (χ0n) is 11.4. The summed E-state index contributed by atoms with van der Waals surface area (Å²) in [5.41, 5.74) is 6.30. The maximum absolute atomic E-state index is 14.1. The molecule has 1 amide bonds. The molecule has 0 aromatic heterocycles. The van der Waals surface area contributed by atoms with Crippen molar-refractivity contribution in [1.29, 1.82) is 0 Å². The van der Waals surface area contributed by atoms with E-state index in [0.29, 0.717) is 31.7 Å². The summed E-state index contributed by atoms with van der Waals surface area (Å²) in [5.74, 6) is -0.566. The van der Waals surface area contributed by atoms with Crippen LogP contribution in [0, 0.1) is 11.2 Å². The molecule has 1 fully saturated rings. The Labute approximate surface area is 112 Å². The van der Waals surface area contributed by atoms with Gasteiger partial charge in [0.05, 0.1) is 11.1 Å². The lowest BCUT2D eigenvalue weighted by atomic mass is 9.89. The van der Waals surface area contributed by atoms with Gasteiger partial charge in [-0.2, -0.15) is 0 Å². The summed E-state index contributed by atoms with van der Waals surface area (Å²) in [6, 6.07) is 5.20. The van der Waals surface area contributed by atoms with E-state index in [2.05, 4.69) is 5.32 Å². The Morgan fingerprint density at radius 1 is 1.58 bits per heavy atom. The third kappa shape index (κ3) is 2.71. The number of anilines is 1. The summed E-state index contributed by atoms with van der Waals surface area (Å²) < 4.78 is 14.1. The standard InChI is InChI=1S/C14H20FN3O/c1-14(13(16)19)5-6-18(9-14)12-4-3-10(8-17-2)7-11(12)15/h3-4,7,17H,5-6,8-9H2,1-2H3,(H2,16,19). The first-order valence-electron chi connectivity index (χ1n) is 6.44. The Hall–Kier alpha value is -1.62. The lowest BCUT2D eigenvalue weighted by molar-refractivity contribution is -0.125. The second kappa shape index (κ2) is 5.17. The molecule has 1 heterocycles. The van der Waals surface area contributed by atoms with E-state index in [0.717, 1.165) is 5.56 Å². The van der Waals surface area contributed by atoms with Gasteiger partial charge in [0.2, 0.25) is 5.91 Å². The lowest BCUT2D eigenvalue weighted by Crippen LogP contribution is -2.37. The average molecular weight is 265 g/mol. The predicted molar refractivity (Wildman–Crippen MR) is 73.3 cm³/mol. The molecule has 104 valence electrons. The minimum absolute atomic E-state index is 0.249. The Morgan fingerprint density at radius 3 is 2.84 bits per heavy atom. The lowest BCUT2D eigenvalue weighted by Gasteiger charge is -2.23. The molecule has 0 bridgehead atoms. The van der Waals surface area contributed by atoms with Crippen LogP contribution in [0.5, 0.6) is 0 Å². The van der Waals surface area contributed by atoms with Crippen molar-refractivity contribution in [2.24, 2.45) is 11.1 Å². The zero-order chi connectivity index (χ0) is 14.0. The molecule has 0 spiro atoms. The van der Waals surface area contributed by atoms with E-state index in [-0.39, 0.29) is 11.7 Å². The first-order valence-corrected chi connectivity index (χ1v) is 6.44. The highest BCUT2D eigenvalue weighted by Gasteiger charge is 2.39. The topological polar surface area (TPSA) is 58.4 Å². The fourth-order valence-corrected chi connectivity index (χ4v) is 2.49. The van der Waals surface area contributed by atoms with Crippen LogP contribution in [0.1, 0.15) is 18.9 Å². The van der Waals surface area contributed by atoms with Crippen molar-refractivity contribution >= 4 is 11.6 Å². The first kappa shape index (κ1) is 13.8. The molecule has 1 aromatic rings. The van der Waals surface area contributed by atoms with Crippen molar-refractivity contribution in [2.45, 2.75) is 19.9 Å². The number of hydrogen-bond donors (Lipinski definition) is 2. The van der Waals surface area contributed by atoms with Crippen molar-refractivity contribution in [1.82, 2.24) is 5.32 Å². The van der Waals surface area contributed by atoms with Crippen LogP contribution >= 0.6 is 0 Å². The molecule has 1 aromatic carbocycles. The molecular weight excluding hydrogens is 245 g/mol. The number of amides is 1. The van der Waals surface area contributed by atoms with Gasteiger partial charge in [-0.25, -0.2) is 4.39 Å². The minimum Gasteiger partial charge on any atom is -0.369 e. The van der Waals surface area contributed by atoms with Gasteiger partial charge >= 0.3 is 0 Å². The fraction of sp³-hybridized carbons (Fsp3) is 0.500. The van der Waals surface area contributed by atoms with Gasteiger partial charge < -0.3 is 16.0 Å². The second-order valence-electron chi connectivity index (χ2n) is 5.41. The molecule has 3 N–H and O–H groups in total. The third-order valence-corrected chi connectivity index (χ3v) is 3.80. The molecule has 0 aliphatic carbocycles. The van der Waals surface area contributed by atoms with Crippen LogP contribution in [0.2, 0.25) is 0 Å². The maximum atomic E-state index is 14.1. The summed E-state index contributed by atoms with van der Waals surface area (Å²) in [5, 5.41) is 2.99. The molecule has 4 nitrogen and oxygen atoms in total. The number of halogens is 1. The average Bonchev–Trinajstić information content (AvgIpc) is 2.74.